The summed E-state index contributed by atoms with van der Waals surface area (Å²) in [4.78, 5) is 42.0. The number of carbonyl (C=O) groups excluding carboxylic acids is 2. The molecule has 12 heteroatoms. The van der Waals surface area contributed by atoms with Crippen molar-refractivity contribution in [2.24, 2.45) is 0 Å². The summed E-state index contributed by atoms with van der Waals surface area (Å²) in [5.74, 6) is -1.39. The van der Waals surface area contributed by atoms with Gasteiger partial charge >= 0.3 is 12.3 Å². The molecule has 2 aliphatic heterocycles. The van der Waals surface area contributed by atoms with Crippen LogP contribution in [0.3, 0.4) is 0 Å². The molecule has 3 rings (SSSR count). The van der Waals surface area contributed by atoms with Gasteiger partial charge in [0.05, 0.1) is 22.9 Å². The van der Waals surface area contributed by atoms with E-state index < -0.39 is 53.4 Å². The van der Waals surface area contributed by atoms with E-state index in [4.69, 9.17) is 9.47 Å². The van der Waals surface area contributed by atoms with Crippen LogP contribution in [0.5, 0.6) is 5.75 Å². The van der Waals surface area contributed by atoms with Crippen molar-refractivity contribution < 1.29 is 42.1 Å². The van der Waals surface area contributed by atoms with Crippen LogP contribution in [0.25, 0.3) is 0 Å². The fourth-order valence-corrected chi connectivity index (χ4v) is 4.93. The first kappa shape index (κ1) is 28.5. The lowest BCUT2D eigenvalue weighted by atomic mass is 9.97. The van der Waals surface area contributed by atoms with Gasteiger partial charge in [-0.2, -0.15) is 13.2 Å². The second-order valence-corrected chi connectivity index (χ2v) is 9.64. The lowest BCUT2D eigenvalue weighted by Gasteiger charge is -2.41. The quantitative estimate of drug-likeness (QED) is 0.506. The maximum Gasteiger partial charge on any atom is 0.417 e. The Bertz CT molecular complexity index is 1020. The van der Waals surface area contributed by atoms with Crippen molar-refractivity contribution in [3.63, 3.8) is 0 Å². The van der Waals surface area contributed by atoms with E-state index in [0.29, 0.717) is 38.8 Å². The Kier molecular flexibility index (Phi) is 8.93. The second-order valence-electron chi connectivity index (χ2n) is 9.64. The van der Waals surface area contributed by atoms with Crippen LogP contribution in [-0.2, 0) is 15.7 Å². The number of alkyl halides is 3. The van der Waals surface area contributed by atoms with E-state index in [1.165, 1.54) is 21.6 Å². The van der Waals surface area contributed by atoms with E-state index in [0.717, 1.165) is 12.1 Å². The molecule has 1 saturated heterocycles. The van der Waals surface area contributed by atoms with Gasteiger partial charge < -0.3 is 29.3 Å². The fraction of sp³-hybridized carbons (Fsp3) is 0.640. The number of unbranched alkanes of at least 4 members (excludes halogenated alkanes) is 1. The summed E-state index contributed by atoms with van der Waals surface area (Å²) in [6.07, 6.45) is -4.85. The number of carboxylic acid groups (broad SMARTS) is 1. The molecule has 0 aromatic heterocycles. The van der Waals surface area contributed by atoms with Crippen molar-refractivity contribution in [2.75, 3.05) is 38.3 Å². The molecule has 0 spiro atoms. The molecule has 2 heterocycles. The van der Waals surface area contributed by atoms with Crippen molar-refractivity contribution in [2.45, 2.75) is 70.8 Å². The van der Waals surface area contributed by atoms with E-state index in [2.05, 4.69) is 0 Å². The van der Waals surface area contributed by atoms with E-state index in [-0.39, 0.29) is 24.5 Å². The van der Waals surface area contributed by atoms with Crippen LogP contribution in [-0.4, -0.2) is 84.4 Å². The number of rotatable bonds is 8. The van der Waals surface area contributed by atoms with Crippen molar-refractivity contribution >= 4 is 23.6 Å². The number of methoxy groups -OCH3 is 1. The minimum atomic E-state index is -4.86. The summed E-state index contributed by atoms with van der Waals surface area (Å²) < 4.78 is 53.2. The Morgan fingerprint density at radius 3 is 2.57 bits per heavy atom. The Labute approximate surface area is 214 Å². The SMILES string of the molecule is COCCCCN1C(=O)[C@@H](C)Oc2cc(C(F)(F)F)c(C(=O)N(C(C)C)[C@@H]3CCCN(C(=O)O)C3)cc21. The number of anilines is 1. The van der Waals surface area contributed by atoms with Crippen LogP contribution < -0.4 is 9.64 Å². The molecule has 0 unspecified atom stereocenters. The Balaban J connectivity index is 2.06. The summed E-state index contributed by atoms with van der Waals surface area (Å²) in [7, 11) is 1.55. The highest BCUT2D eigenvalue weighted by molar-refractivity contribution is 6.03. The van der Waals surface area contributed by atoms with Gasteiger partial charge in [0.25, 0.3) is 11.8 Å². The lowest BCUT2D eigenvalue weighted by molar-refractivity contribution is -0.138. The highest BCUT2D eigenvalue weighted by Crippen LogP contribution is 2.43. The molecule has 1 aromatic rings. The molecule has 1 N–H and O–H groups in total. The maximum absolute atomic E-state index is 14.2. The molecule has 37 heavy (non-hydrogen) atoms. The predicted octanol–water partition coefficient (Wildman–Crippen LogP) is 4.24. The number of hydrogen-bond donors (Lipinski definition) is 1. The first-order valence-corrected chi connectivity index (χ1v) is 12.4. The van der Waals surface area contributed by atoms with Crippen molar-refractivity contribution in [1.82, 2.24) is 9.80 Å². The third kappa shape index (κ3) is 6.28. The molecule has 2 atom stereocenters. The minimum absolute atomic E-state index is 0.0102. The molecule has 0 aliphatic carbocycles. The van der Waals surface area contributed by atoms with Gasteiger partial charge in [-0.05, 0) is 58.6 Å². The summed E-state index contributed by atoms with van der Waals surface area (Å²) in [6.45, 7) is 5.84. The first-order valence-electron chi connectivity index (χ1n) is 12.4. The average molecular weight is 530 g/mol. The van der Waals surface area contributed by atoms with Crippen LogP contribution in [0.1, 0.15) is 62.4 Å². The normalized spacial score (nSPS) is 20.1. The summed E-state index contributed by atoms with van der Waals surface area (Å²) >= 11 is 0. The zero-order valence-electron chi connectivity index (χ0n) is 21.5. The molecule has 0 saturated carbocycles. The number of amides is 3. The molecule has 0 radical (unpaired) electrons. The molecule has 3 amide bonds. The molecule has 206 valence electrons. The average Bonchev–Trinajstić information content (AvgIpc) is 2.82. The molecule has 9 nitrogen and oxygen atoms in total. The fourth-order valence-electron chi connectivity index (χ4n) is 4.93. The number of piperidine rings is 1. The Morgan fingerprint density at radius 1 is 1.27 bits per heavy atom. The topological polar surface area (TPSA) is 99.6 Å². The number of hydrogen-bond acceptors (Lipinski definition) is 5. The number of halogens is 3. The van der Waals surface area contributed by atoms with Crippen LogP contribution in [0.15, 0.2) is 12.1 Å². The van der Waals surface area contributed by atoms with Crippen molar-refractivity contribution in [1.29, 1.82) is 0 Å². The van der Waals surface area contributed by atoms with Gasteiger partial charge in [0.15, 0.2) is 6.10 Å². The molecule has 0 bridgehead atoms. The third-order valence-electron chi connectivity index (χ3n) is 6.67. The zero-order valence-corrected chi connectivity index (χ0v) is 21.5. The number of benzene rings is 1. The minimum Gasteiger partial charge on any atom is -0.479 e. The second kappa shape index (κ2) is 11.6. The molecule has 1 fully saturated rings. The van der Waals surface area contributed by atoms with Crippen LogP contribution >= 0.6 is 0 Å². The largest absolute Gasteiger partial charge is 0.479 e. The Morgan fingerprint density at radius 2 is 1.97 bits per heavy atom. The molecule has 2 aliphatic rings. The van der Waals surface area contributed by atoms with Gasteiger partial charge in [0.1, 0.15) is 5.75 Å². The molecular formula is C25H34F3N3O6. The standard InChI is InChI=1S/C25H34F3N3O6/c1-15(2)31(17-8-7-9-29(14-17)24(34)35)23(33)18-12-20-21(13-19(18)25(26,27)28)37-16(3)22(32)30(20)10-5-6-11-36-4/h12-13,15-17H,5-11,14H2,1-4H3,(H,34,35)/t16-,17-/m1/s1. The van der Waals surface area contributed by atoms with Crippen LogP contribution in [0.2, 0.25) is 0 Å². The third-order valence-corrected chi connectivity index (χ3v) is 6.67. The Hall–Kier alpha value is -3.02. The zero-order chi connectivity index (χ0) is 27.5. The van der Waals surface area contributed by atoms with Crippen LogP contribution in [0, 0.1) is 0 Å². The van der Waals surface area contributed by atoms with Crippen molar-refractivity contribution in [3.05, 3.63) is 23.3 Å². The van der Waals surface area contributed by atoms with E-state index in [9.17, 15) is 32.7 Å². The highest BCUT2D eigenvalue weighted by atomic mass is 19.4. The molecule has 1 aromatic carbocycles. The van der Waals surface area contributed by atoms with Crippen molar-refractivity contribution in [3.8, 4) is 5.75 Å². The monoisotopic (exact) mass is 529 g/mol. The smallest absolute Gasteiger partial charge is 0.417 e. The number of carbonyl (C=O) groups is 3. The van der Waals surface area contributed by atoms with Gasteiger partial charge in [0, 0.05) is 39.4 Å². The van der Waals surface area contributed by atoms with Gasteiger partial charge in [-0.15, -0.1) is 0 Å². The summed E-state index contributed by atoms with van der Waals surface area (Å²) in [6, 6.07) is 0.800. The number of nitrogens with zero attached hydrogens (tertiary/aromatic N) is 3. The number of likely N-dealkylation sites (tertiary alicyclic amines) is 1. The highest BCUT2D eigenvalue weighted by Gasteiger charge is 2.42. The molecular weight excluding hydrogens is 495 g/mol. The van der Waals surface area contributed by atoms with Gasteiger partial charge in [-0.25, -0.2) is 4.79 Å². The van der Waals surface area contributed by atoms with Gasteiger partial charge in [-0.3, -0.25) is 9.59 Å². The summed E-state index contributed by atoms with van der Waals surface area (Å²) in [5.41, 5.74) is -1.65. The summed E-state index contributed by atoms with van der Waals surface area (Å²) in [5, 5.41) is 9.41. The van der Waals surface area contributed by atoms with E-state index >= 15 is 0 Å². The predicted molar refractivity (Wildman–Crippen MR) is 129 cm³/mol. The van der Waals surface area contributed by atoms with E-state index in [1.807, 2.05) is 0 Å². The first-order chi connectivity index (χ1) is 17.4. The lowest BCUT2D eigenvalue weighted by Crippen LogP contribution is -2.54. The van der Waals surface area contributed by atoms with E-state index in [1.54, 1.807) is 21.0 Å². The number of fused-ring (bicyclic) bond motifs is 1. The number of ether oxygens (including phenoxy) is 2. The van der Waals surface area contributed by atoms with Gasteiger partial charge in [-0.1, -0.05) is 0 Å². The van der Waals surface area contributed by atoms with Gasteiger partial charge in [0.2, 0.25) is 0 Å². The maximum atomic E-state index is 14.2. The van der Waals surface area contributed by atoms with Crippen LogP contribution in [0.4, 0.5) is 23.7 Å².